The van der Waals surface area contributed by atoms with Crippen LogP contribution in [0.3, 0.4) is 0 Å². The van der Waals surface area contributed by atoms with Gasteiger partial charge in [-0.3, -0.25) is 24.1 Å². The van der Waals surface area contributed by atoms with Gasteiger partial charge in [0.25, 0.3) is 0 Å². The molecule has 4 aliphatic rings. The Morgan fingerprint density at radius 2 is 1.73 bits per heavy atom. The second kappa shape index (κ2) is 10.5. The molecule has 3 fully saturated rings. The fraction of sp³-hybridized carbons (Fsp3) is 0.314. The van der Waals surface area contributed by atoms with Crippen molar-refractivity contribution < 1.29 is 33.4 Å². The molecular weight excluding hydrogens is 599 g/mol. The van der Waals surface area contributed by atoms with E-state index in [9.17, 15) is 28.7 Å². The normalized spacial score (nSPS) is 29.0. The molecule has 0 aromatic heterocycles. The lowest BCUT2D eigenvalue weighted by Crippen LogP contribution is -2.48. The molecule has 2 aliphatic carbocycles. The number of imide groups is 2. The molecule has 0 radical (unpaired) electrons. The topological polar surface area (TPSA) is 104 Å². The van der Waals surface area contributed by atoms with Crippen LogP contribution in [-0.2, 0) is 25.7 Å². The summed E-state index contributed by atoms with van der Waals surface area (Å²) in [7, 11) is 1.43. The van der Waals surface area contributed by atoms with E-state index in [1.165, 1.54) is 30.2 Å². The summed E-state index contributed by atoms with van der Waals surface area (Å²) in [5.41, 5.74) is 1.04. The Balaban J connectivity index is 1.34. The Kier molecular flexibility index (Phi) is 6.85. The Morgan fingerprint density at radius 3 is 2.42 bits per heavy atom. The van der Waals surface area contributed by atoms with Crippen molar-refractivity contribution in [1.82, 2.24) is 4.90 Å². The summed E-state index contributed by atoms with van der Waals surface area (Å²) >= 11 is 6.06. The highest BCUT2D eigenvalue weighted by Gasteiger charge is 2.67. The van der Waals surface area contributed by atoms with E-state index in [-0.39, 0.29) is 47.0 Å². The molecule has 1 N–H and O–H groups in total. The molecule has 2 saturated heterocycles. The van der Waals surface area contributed by atoms with Crippen molar-refractivity contribution in [3.63, 3.8) is 0 Å². The van der Waals surface area contributed by atoms with Gasteiger partial charge in [-0.05, 0) is 67.1 Å². The lowest BCUT2D eigenvalue weighted by molar-refractivity contribution is -0.141. The molecule has 8 nitrogen and oxygen atoms in total. The molecule has 230 valence electrons. The highest BCUT2D eigenvalue weighted by molar-refractivity contribution is 6.31. The number of benzene rings is 3. The first kappa shape index (κ1) is 29.2. The van der Waals surface area contributed by atoms with Gasteiger partial charge in [-0.25, -0.2) is 9.29 Å². The van der Waals surface area contributed by atoms with Crippen LogP contribution in [0.2, 0.25) is 5.02 Å². The molecule has 1 saturated carbocycles. The third-order valence-electron chi connectivity index (χ3n) is 10.2. The average molecular weight is 629 g/mol. The number of likely N-dealkylation sites (tertiary alicyclic amines) is 1. The third-order valence-corrected chi connectivity index (χ3v) is 10.5. The lowest BCUT2D eigenvalue weighted by atomic mass is 9.51. The van der Waals surface area contributed by atoms with Gasteiger partial charge < -0.3 is 9.84 Å². The zero-order chi connectivity index (χ0) is 31.8. The number of amides is 4. The standard InChI is InChI=1S/C35H30ClFN2O6/c1-35-24(32(42)39(34(35)44)20-9-12-26(37)25(36)15-20)16-23-21(30(35)19-8-13-28(45-2)27(40)14-19)10-11-22-29(23)33(43)38(31(22)41)17-18-6-4-3-5-7-18/h3-10,12-15,22-24,29-30,40H,11,16-17H2,1-2H3/t22-,23+,24-,29-,30-,35+/m0/s1. The number of carbonyl (C=O) groups excluding carboxylic acids is 4. The van der Waals surface area contributed by atoms with E-state index in [0.717, 1.165) is 22.1 Å². The Bertz CT molecular complexity index is 1810. The van der Waals surface area contributed by atoms with Crippen LogP contribution in [0.25, 0.3) is 0 Å². The van der Waals surface area contributed by atoms with Crippen molar-refractivity contribution in [3.8, 4) is 11.5 Å². The molecule has 3 aromatic carbocycles. The number of halogens is 2. The minimum Gasteiger partial charge on any atom is -0.504 e. The van der Waals surface area contributed by atoms with Gasteiger partial charge >= 0.3 is 0 Å². The smallest absolute Gasteiger partial charge is 0.241 e. The Hall–Kier alpha value is -4.50. The SMILES string of the molecule is COc1ccc([C@H]2C3=CC[C@@H]4C(=O)N(Cc5ccccc5)C(=O)[C@@H]4[C@@H]3C[C@H]3C(=O)N(c4ccc(F)c(Cl)c4)C(=O)[C@@]23C)cc1O. The van der Waals surface area contributed by atoms with Crippen molar-refractivity contribution in [1.29, 1.82) is 0 Å². The van der Waals surface area contributed by atoms with Gasteiger partial charge in [0.05, 0.1) is 47.5 Å². The van der Waals surface area contributed by atoms with E-state index >= 15 is 0 Å². The minimum absolute atomic E-state index is 0.133. The monoisotopic (exact) mass is 628 g/mol. The molecular formula is C35H30ClFN2O6. The number of ether oxygens (including phenoxy) is 1. The minimum atomic E-state index is -1.32. The summed E-state index contributed by atoms with van der Waals surface area (Å²) in [6, 6.07) is 17.9. The first-order chi connectivity index (χ1) is 21.6. The van der Waals surface area contributed by atoms with Gasteiger partial charge in [0.15, 0.2) is 11.5 Å². The van der Waals surface area contributed by atoms with Crippen molar-refractivity contribution in [2.75, 3.05) is 12.0 Å². The quantitative estimate of drug-likeness (QED) is 0.290. The van der Waals surface area contributed by atoms with Gasteiger partial charge in [-0.1, -0.05) is 59.6 Å². The molecule has 6 atom stereocenters. The summed E-state index contributed by atoms with van der Waals surface area (Å²) in [5.74, 6) is -5.41. The number of carbonyl (C=O) groups is 4. The number of nitrogens with zero attached hydrogens (tertiary/aromatic N) is 2. The molecule has 0 unspecified atom stereocenters. The second-order valence-electron chi connectivity index (χ2n) is 12.4. The van der Waals surface area contributed by atoms with Crippen molar-refractivity contribution in [2.45, 2.75) is 32.2 Å². The van der Waals surface area contributed by atoms with E-state index in [0.29, 0.717) is 12.0 Å². The number of methoxy groups -OCH3 is 1. The zero-order valence-electron chi connectivity index (χ0n) is 24.6. The number of allylic oxidation sites excluding steroid dienone is 2. The summed E-state index contributed by atoms with van der Waals surface area (Å²) < 4.78 is 19.3. The van der Waals surface area contributed by atoms with E-state index in [1.807, 2.05) is 36.4 Å². The maximum absolute atomic E-state index is 14.5. The number of rotatable bonds is 5. The molecule has 3 aromatic rings. The summed E-state index contributed by atoms with van der Waals surface area (Å²) in [5, 5.41) is 10.6. The number of aromatic hydroxyl groups is 1. The molecule has 0 spiro atoms. The Morgan fingerprint density at radius 1 is 0.978 bits per heavy atom. The van der Waals surface area contributed by atoms with E-state index in [4.69, 9.17) is 16.3 Å². The molecule has 0 bridgehead atoms. The van der Waals surface area contributed by atoms with Crippen LogP contribution in [-0.4, -0.2) is 40.7 Å². The van der Waals surface area contributed by atoms with Gasteiger partial charge in [0.2, 0.25) is 23.6 Å². The van der Waals surface area contributed by atoms with Gasteiger partial charge in [-0.2, -0.15) is 0 Å². The van der Waals surface area contributed by atoms with Crippen molar-refractivity contribution in [3.05, 3.63) is 100 Å². The number of phenolic OH excluding ortho intramolecular Hbond substituents is 1. The number of hydrogen-bond donors (Lipinski definition) is 1. The average Bonchev–Trinajstić information content (AvgIpc) is 3.38. The predicted octanol–water partition coefficient (Wildman–Crippen LogP) is 5.62. The van der Waals surface area contributed by atoms with E-state index in [1.54, 1.807) is 19.1 Å². The van der Waals surface area contributed by atoms with Gasteiger partial charge in [-0.15, -0.1) is 0 Å². The Labute approximate surface area is 264 Å². The van der Waals surface area contributed by atoms with Crippen LogP contribution < -0.4 is 9.64 Å². The lowest BCUT2D eigenvalue weighted by Gasteiger charge is -2.49. The van der Waals surface area contributed by atoms with Crippen LogP contribution >= 0.6 is 11.6 Å². The summed E-state index contributed by atoms with van der Waals surface area (Å²) in [6.07, 6.45) is 2.44. The second-order valence-corrected chi connectivity index (χ2v) is 12.8. The number of fused-ring (bicyclic) bond motifs is 4. The van der Waals surface area contributed by atoms with Gasteiger partial charge in [0.1, 0.15) is 5.82 Å². The van der Waals surface area contributed by atoms with Crippen molar-refractivity contribution >= 4 is 40.9 Å². The molecule has 7 rings (SSSR count). The molecule has 10 heteroatoms. The van der Waals surface area contributed by atoms with Gasteiger partial charge in [0, 0.05) is 5.92 Å². The molecule has 2 heterocycles. The number of phenols is 1. The fourth-order valence-corrected chi connectivity index (χ4v) is 8.31. The predicted molar refractivity (Wildman–Crippen MR) is 163 cm³/mol. The summed E-state index contributed by atoms with van der Waals surface area (Å²) in [4.78, 5) is 58.8. The van der Waals surface area contributed by atoms with Crippen LogP contribution in [0, 0.1) is 34.9 Å². The first-order valence-corrected chi connectivity index (χ1v) is 15.2. The van der Waals surface area contributed by atoms with Crippen LogP contribution in [0.15, 0.2) is 78.4 Å². The third kappa shape index (κ3) is 4.24. The highest BCUT2D eigenvalue weighted by Crippen LogP contribution is 2.64. The van der Waals surface area contributed by atoms with Crippen LogP contribution in [0.4, 0.5) is 10.1 Å². The molecule has 45 heavy (non-hydrogen) atoms. The fourth-order valence-electron chi connectivity index (χ4n) is 8.14. The van der Waals surface area contributed by atoms with E-state index < -0.39 is 52.6 Å². The highest BCUT2D eigenvalue weighted by atomic mass is 35.5. The summed E-state index contributed by atoms with van der Waals surface area (Å²) in [6.45, 7) is 1.89. The molecule has 2 aliphatic heterocycles. The largest absolute Gasteiger partial charge is 0.504 e. The van der Waals surface area contributed by atoms with Crippen molar-refractivity contribution in [2.24, 2.45) is 29.1 Å². The maximum atomic E-state index is 14.5. The zero-order valence-corrected chi connectivity index (χ0v) is 25.3. The number of hydrogen-bond acceptors (Lipinski definition) is 6. The maximum Gasteiger partial charge on any atom is 0.241 e. The number of anilines is 1. The first-order valence-electron chi connectivity index (χ1n) is 14.9. The van der Waals surface area contributed by atoms with Crippen LogP contribution in [0.1, 0.15) is 36.8 Å². The van der Waals surface area contributed by atoms with Crippen LogP contribution in [0.5, 0.6) is 11.5 Å². The van der Waals surface area contributed by atoms with E-state index in [2.05, 4.69) is 0 Å². The molecule has 4 amide bonds.